The lowest BCUT2D eigenvalue weighted by molar-refractivity contribution is -0.125. The minimum absolute atomic E-state index is 0.00965. The standard InChI is InChI=1S/C12H25N3O2/c1-4-9(2)14-12(16)8-15-5-6-17-11(7-15)10(3)13/h9-11H,4-8,13H2,1-3H3,(H,14,16). The second-order valence-corrected chi connectivity index (χ2v) is 4.88. The molecule has 1 fully saturated rings. The van der Waals surface area contributed by atoms with Crippen LogP contribution in [0.1, 0.15) is 27.2 Å². The first-order valence-corrected chi connectivity index (χ1v) is 6.41. The average molecular weight is 243 g/mol. The highest BCUT2D eigenvalue weighted by Crippen LogP contribution is 2.07. The highest BCUT2D eigenvalue weighted by molar-refractivity contribution is 5.78. The zero-order valence-corrected chi connectivity index (χ0v) is 11.1. The minimum Gasteiger partial charge on any atom is -0.374 e. The van der Waals surface area contributed by atoms with E-state index in [1.165, 1.54) is 0 Å². The molecule has 0 saturated carbocycles. The second-order valence-electron chi connectivity index (χ2n) is 4.88. The van der Waals surface area contributed by atoms with Crippen molar-refractivity contribution in [2.24, 2.45) is 5.73 Å². The lowest BCUT2D eigenvalue weighted by Crippen LogP contribution is -2.52. The largest absolute Gasteiger partial charge is 0.374 e. The van der Waals surface area contributed by atoms with Gasteiger partial charge in [0.05, 0.1) is 19.3 Å². The number of hydrogen-bond acceptors (Lipinski definition) is 4. The van der Waals surface area contributed by atoms with Gasteiger partial charge >= 0.3 is 0 Å². The van der Waals surface area contributed by atoms with Gasteiger partial charge in [-0.3, -0.25) is 9.69 Å². The fourth-order valence-electron chi connectivity index (χ4n) is 1.82. The maximum Gasteiger partial charge on any atom is 0.234 e. The monoisotopic (exact) mass is 243 g/mol. The third-order valence-corrected chi connectivity index (χ3v) is 3.15. The number of amides is 1. The van der Waals surface area contributed by atoms with Crippen molar-refractivity contribution in [3.05, 3.63) is 0 Å². The molecule has 5 nitrogen and oxygen atoms in total. The molecule has 3 atom stereocenters. The van der Waals surface area contributed by atoms with E-state index in [-0.39, 0.29) is 24.1 Å². The van der Waals surface area contributed by atoms with Crippen LogP contribution in [0.4, 0.5) is 0 Å². The van der Waals surface area contributed by atoms with Crippen LogP contribution in [0.15, 0.2) is 0 Å². The fourth-order valence-corrected chi connectivity index (χ4v) is 1.82. The summed E-state index contributed by atoms with van der Waals surface area (Å²) >= 11 is 0. The number of carbonyl (C=O) groups is 1. The molecule has 0 aliphatic carbocycles. The molecule has 3 N–H and O–H groups in total. The lowest BCUT2D eigenvalue weighted by atomic mass is 10.1. The van der Waals surface area contributed by atoms with E-state index in [9.17, 15) is 4.79 Å². The number of nitrogens with two attached hydrogens (primary N) is 1. The van der Waals surface area contributed by atoms with Gasteiger partial charge in [-0.25, -0.2) is 0 Å². The molecule has 0 aromatic heterocycles. The molecule has 100 valence electrons. The molecule has 1 aliphatic heterocycles. The van der Waals surface area contributed by atoms with Crippen LogP contribution in [0.5, 0.6) is 0 Å². The van der Waals surface area contributed by atoms with E-state index in [1.54, 1.807) is 0 Å². The molecule has 3 unspecified atom stereocenters. The maximum absolute atomic E-state index is 11.7. The Morgan fingerprint density at radius 1 is 1.59 bits per heavy atom. The van der Waals surface area contributed by atoms with E-state index < -0.39 is 0 Å². The first kappa shape index (κ1) is 14.4. The SMILES string of the molecule is CCC(C)NC(=O)CN1CCOC(C(C)N)C1. The van der Waals surface area contributed by atoms with Crippen LogP contribution in [0.3, 0.4) is 0 Å². The summed E-state index contributed by atoms with van der Waals surface area (Å²) < 4.78 is 5.56. The van der Waals surface area contributed by atoms with Crippen molar-refractivity contribution in [3.8, 4) is 0 Å². The van der Waals surface area contributed by atoms with Gasteiger partial charge in [-0.15, -0.1) is 0 Å². The van der Waals surface area contributed by atoms with Gasteiger partial charge in [0.15, 0.2) is 0 Å². The van der Waals surface area contributed by atoms with E-state index in [0.717, 1.165) is 19.5 Å². The zero-order valence-electron chi connectivity index (χ0n) is 11.1. The number of hydrogen-bond donors (Lipinski definition) is 2. The van der Waals surface area contributed by atoms with Crippen molar-refractivity contribution >= 4 is 5.91 Å². The van der Waals surface area contributed by atoms with Crippen molar-refractivity contribution in [3.63, 3.8) is 0 Å². The summed E-state index contributed by atoms with van der Waals surface area (Å²) in [4.78, 5) is 13.8. The van der Waals surface area contributed by atoms with Gasteiger partial charge in [-0.1, -0.05) is 6.92 Å². The Morgan fingerprint density at radius 2 is 2.29 bits per heavy atom. The molecule has 17 heavy (non-hydrogen) atoms. The Balaban J connectivity index is 2.33. The summed E-state index contributed by atoms with van der Waals surface area (Å²) in [6, 6.07) is 0.253. The number of morpholine rings is 1. The zero-order chi connectivity index (χ0) is 12.8. The molecule has 0 aromatic carbocycles. The third-order valence-electron chi connectivity index (χ3n) is 3.15. The highest BCUT2D eigenvalue weighted by Gasteiger charge is 2.24. The number of nitrogens with zero attached hydrogens (tertiary/aromatic N) is 1. The summed E-state index contributed by atoms with van der Waals surface area (Å²) in [5, 5.41) is 2.97. The van der Waals surface area contributed by atoms with E-state index in [2.05, 4.69) is 17.1 Å². The second kappa shape index (κ2) is 6.93. The predicted octanol–water partition coefficient (Wildman–Crippen LogP) is -0.0509. The predicted molar refractivity (Wildman–Crippen MR) is 67.7 cm³/mol. The molecule has 0 spiro atoms. The van der Waals surface area contributed by atoms with E-state index in [0.29, 0.717) is 13.2 Å². The minimum atomic E-state index is 0.00965. The summed E-state index contributed by atoms with van der Waals surface area (Å²) in [6.07, 6.45) is 0.997. The van der Waals surface area contributed by atoms with Crippen molar-refractivity contribution in [2.45, 2.75) is 45.4 Å². The van der Waals surface area contributed by atoms with Crippen molar-refractivity contribution in [1.29, 1.82) is 0 Å². The Bertz CT molecular complexity index is 246. The Labute approximate surface area is 104 Å². The quantitative estimate of drug-likeness (QED) is 0.710. The van der Waals surface area contributed by atoms with Gasteiger partial charge in [-0.05, 0) is 20.3 Å². The Morgan fingerprint density at radius 3 is 2.88 bits per heavy atom. The van der Waals surface area contributed by atoms with Crippen LogP contribution in [-0.2, 0) is 9.53 Å². The molecule has 1 aliphatic rings. The van der Waals surface area contributed by atoms with Gasteiger partial charge in [0, 0.05) is 25.2 Å². The average Bonchev–Trinajstić information content (AvgIpc) is 2.28. The van der Waals surface area contributed by atoms with Gasteiger partial charge < -0.3 is 15.8 Å². The number of carbonyl (C=O) groups excluding carboxylic acids is 1. The Hall–Kier alpha value is -0.650. The summed E-state index contributed by atoms with van der Waals surface area (Å²) in [5.74, 6) is 0.0877. The molecule has 1 heterocycles. The Kier molecular flexibility index (Phi) is 5.88. The topological polar surface area (TPSA) is 67.6 Å². The molecule has 1 amide bonds. The molecule has 0 bridgehead atoms. The molecule has 0 radical (unpaired) electrons. The van der Waals surface area contributed by atoms with Crippen molar-refractivity contribution < 1.29 is 9.53 Å². The molecular formula is C12H25N3O2. The highest BCUT2D eigenvalue weighted by atomic mass is 16.5. The van der Waals surface area contributed by atoms with E-state index >= 15 is 0 Å². The number of ether oxygens (including phenoxy) is 1. The van der Waals surface area contributed by atoms with Gasteiger partial charge in [0.1, 0.15) is 0 Å². The smallest absolute Gasteiger partial charge is 0.234 e. The lowest BCUT2D eigenvalue weighted by Gasteiger charge is -2.34. The third kappa shape index (κ3) is 5.02. The van der Waals surface area contributed by atoms with Crippen LogP contribution in [0.2, 0.25) is 0 Å². The first-order valence-electron chi connectivity index (χ1n) is 6.41. The van der Waals surface area contributed by atoms with Crippen LogP contribution in [-0.4, -0.2) is 55.2 Å². The first-order chi connectivity index (χ1) is 8.02. The van der Waals surface area contributed by atoms with Gasteiger partial charge in [0.25, 0.3) is 0 Å². The van der Waals surface area contributed by atoms with E-state index in [1.807, 2.05) is 13.8 Å². The summed E-state index contributed by atoms with van der Waals surface area (Å²) in [7, 11) is 0. The van der Waals surface area contributed by atoms with Gasteiger partial charge in [-0.2, -0.15) is 0 Å². The van der Waals surface area contributed by atoms with Crippen LogP contribution in [0, 0.1) is 0 Å². The van der Waals surface area contributed by atoms with Crippen molar-refractivity contribution in [2.75, 3.05) is 26.2 Å². The fraction of sp³-hybridized carbons (Fsp3) is 0.917. The number of nitrogens with one attached hydrogen (secondary N) is 1. The number of rotatable bonds is 5. The van der Waals surface area contributed by atoms with Crippen molar-refractivity contribution in [1.82, 2.24) is 10.2 Å². The molecule has 5 heteroatoms. The molecule has 1 saturated heterocycles. The van der Waals surface area contributed by atoms with Crippen LogP contribution < -0.4 is 11.1 Å². The summed E-state index contributed by atoms with van der Waals surface area (Å²) in [6.45, 7) is 8.66. The molecule has 1 rings (SSSR count). The molecular weight excluding hydrogens is 218 g/mol. The summed E-state index contributed by atoms with van der Waals surface area (Å²) in [5.41, 5.74) is 5.81. The van der Waals surface area contributed by atoms with Crippen LogP contribution >= 0.6 is 0 Å². The normalized spacial score (nSPS) is 25.3. The van der Waals surface area contributed by atoms with E-state index in [4.69, 9.17) is 10.5 Å². The molecule has 0 aromatic rings. The van der Waals surface area contributed by atoms with Gasteiger partial charge in [0.2, 0.25) is 5.91 Å². The van der Waals surface area contributed by atoms with Crippen LogP contribution in [0.25, 0.3) is 0 Å². The maximum atomic E-state index is 11.7.